The van der Waals surface area contributed by atoms with E-state index in [0.29, 0.717) is 22.4 Å². The van der Waals surface area contributed by atoms with Gasteiger partial charge in [0.15, 0.2) is 0 Å². The van der Waals surface area contributed by atoms with Crippen LogP contribution in [-0.2, 0) is 9.59 Å². The van der Waals surface area contributed by atoms with E-state index in [0.717, 1.165) is 36.1 Å². The van der Waals surface area contributed by atoms with E-state index in [1.54, 1.807) is 13.1 Å². The average Bonchev–Trinajstić information content (AvgIpc) is 3.69. The molecule has 1 aliphatic carbocycles. The number of hydrogen-bond donors (Lipinski definition) is 1. The SMILES string of the molecule is C[C@@]1(CC(=O)O)C[C@H](c2cccc(Cl)c2)[C@@H](c2ccc(Cl)cc2)N([C@H](CC2CC2)c2ccccn2)C1=O. The van der Waals surface area contributed by atoms with Crippen LogP contribution in [0, 0.1) is 11.3 Å². The quantitative estimate of drug-likeness (QED) is 0.324. The Labute approximate surface area is 227 Å². The van der Waals surface area contributed by atoms with E-state index in [9.17, 15) is 14.7 Å². The predicted molar refractivity (Wildman–Crippen MR) is 145 cm³/mol. The number of likely N-dealkylation sites (tertiary alicyclic amines) is 1. The highest BCUT2D eigenvalue weighted by Gasteiger charge is 2.53. The predicted octanol–water partition coefficient (Wildman–Crippen LogP) is 7.47. The van der Waals surface area contributed by atoms with Crippen molar-refractivity contribution in [1.29, 1.82) is 0 Å². The minimum absolute atomic E-state index is 0.149. The Hall–Kier alpha value is -2.89. The minimum atomic E-state index is -1.08. The summed E-state index contributed by atoms with van der Waals surface area (Å²) < 4.78 is 0. The molecule has 1 amide bonds. The van der Waals surface area contributed by atoms with Gasteiger partial charge in [-0.15, -0.1) is 0 Å². The largest absolute Gasteiger partial charge is 0.481 e. The van der Waals surface area contributed by atoms with Crippen LogP contribution in [0.3, 0.4) is 0 Å². The first-order valence-electron chi connectivity index (χ1n) is 12.7. The van der Waals surface area contributed by atoms with E-state index in [4.69, 9.17) is 23.2 Å². The summed E-state index contributed by atoms with van der Waals surface area (Å²) >= 11 is 12.7. The molecule has 192 valence electrons. The van der Waals surface area contributed by atoms with Gasteiger partial charge in [-0.3, -0.25) is 14.6 Å². The van der Waals surface area contributed by atoms with Crippen molar-refractivity contribution in [2.75, 3.05) is 0 Å². The van der Waals surface area contributed by atoms with Crippen LogP contribution < -0.4 is 0 Å². The number of carbonyl (C=O) groups excluding carboxylic acids is 1. The molecule has 5 rings (SSSR count). The standard InChI is InChI=1S/C30H30Cl2N2O3/c1-30(18-27(35)36)17-24(21-5-4-6-23(32)16-21)28(20-10-12-22(31)13-11-20)34(29(30)37)26(15-19-8-9-19)25-7-2-3-14-33-25/h2-7,10-14,16,19,24,26,28H,8-9,15,17-18H2,1H3,(H,35,36)/t24-,26-,28-,30+/m1/s1. The second kappa shape index (κ2) is 10.5. The second-order valence-electron chi connectivity index (χ2n) is 10.7. The number of carbonyl (C=O) groups is 2. The van der Waals surface area contributed by atoms with Gasteiger partial charge < -0.3 is 10.0 Å². The maximum Gasteiger partial charge on any atom is 0.304 e. The first-order chi connectivity index (χ1) is 17.7. The Morgan fingerprint density at radius 2 is 1.81 bits per heavy atom. The molecule has 1 saturated carbocycles. The minimum Gasteiger partial charge on any atom is -0.481 e. The van der Waals surface area contributed by atoms with Gasteiger partial charge in [0.25, 0.3) is 0 Å². The van der Waals surface area contributed by atoms with Crippen LogP contribution in [-0.4, -0.2) is 26.9 Å². The Balaban J connectivity index is 1.72. The van der Waals surface area contributed by atoms with Gasteiger partial charge >= 0.3 is 5.97 Å². The van der Waals surface area contributed by atoms with E-state index in [-0.39, 0.29) is 30.3 Å². The Bertz CT molecular complexity index is 1280. The maximum absolute atomic E-state index is 14.5. The number of rotatable bonds is 8. The number of aromatic nitrogens is 1. The molecule has 5 nitrogen and oxygen atoms in total. The van der Waals surface area contributed by atoms with Crippen molar-refractivity contribution in [3.8, 4) is 0 Å². The highest BCUT2D eigenvalue weighted by atomic mass is 35.5. The third-order valence-corrected chi connectivity index (χ3v) is 8.24. The van der Waals surface area contributed by atoms with Crippen LogP contribution in [0.15, 0.2) is 72.9 Å². The van der Waals surface area contributed by atoms with Crippen molar-refractivity contribution < 1.29 is 14.7 Å². The highest BCUT2D eigenvalue weighted by molar-refractivity contribution is 6.30. The Morgan fingerprint density at radius 3 is 2.43 bits per heavy atom. The number of amides is 1. The molecule has 2 fully saturated rings. The zero-order chi connectivity index (χ0) is 26.2. The molecule has 7 heteroatoms. The molecule has 2 aromatic carbocycles. The third-order valence-electron chi connectivity index (χ3n) is 7.75. The van der Waals surface area contributed by atoms with Crippen LogP contribution in [0.25, 0.3) is 0 Å². The lowest BCUT2D eigenvalue weighted by Crippen LogP contribution is -2.53. The number of benzene rings is 2. The smallest absolute Gasteiger partial charge is 0.304 e. The lowest BCUT2D eigenvalue weighted by molar-refractivity contribution is -0.161. The number of carboxylic acid groups (broad SMARTS) is 1. The first-order valence-corrected chi connectivity index (χ1v) is 13.5. The lowest BCUT2D eigenvalue weighted by atomic mass is 9.66. The fourth-order valence-electron chi connectivity index (χ4n) is 5.84. The van der Waals surface area contributed by atoms with Crippen LogP contribution in [0.4, 0.5) is 0 Å². The monoisotopic (exact) mass is 536 g/mol. The molecular formula is C30H30Cl2N2O3. The summed E-state index contributed by atoms with van der Waals surface area (Å²) in [6, 6.07) is 20.5. The number of hydrogen-bond acceptors (Lipinski definition) is 3. The van der Waals surface area contributed by atoms with Crippen LogP contribution in [0.5, 0.6) is 0 Å². The van der Waals surface area contributed by atoms with Crippen molar-refractivity contribution in [1.82, 2.24) is 9.88 Å². The van der Waals surface area contributed by atoms with Crippen molar-refractivity contribution in [2.24, 2.45) is 11.3 Å². The molecule has 0 unspecified atom stereocenters. The summed E-state index contributed by atoms with van der Waals surface area (Å²) in [6.45, 7) is 1.79. The number of nitrogens with zero attached hydrogens (tertiary/aromatic N) is 2. The number of piperidine rings is 1. The Kier molecular flexibility index (Phi) is 7.28. The molecule has 1 aromatic heterocycles. The molecule has 2 heterocycles. The van der Waals surface area contributed by atoms with E-state index in [1.807, 2.05) is 71.6 Å². The molecule has 0 bridgehead atoms. The van der Waals surface area contributed by atoms with Crippen molar-refractivity contribution >= 4 is 35.1 Å². The normalized spacial score (nSPS) is 24.6. The molecule has 0 radical (unpaired) electrons. The molecule has 1 aliphatic heterocycles. The van der Waals surface area contributed by atoms with Gasteiger partial charge in [-0.2, -0.15) is 0 Å². The molecular weight excluding hydrogens is 507 g/mol. The van der Waals surface area contributed by atoms with Crippen molar-refractivity contribution in [2.45, 2.75) is 57.0 Å². The average molecular weight is 537 g/mol. The number of aliphatic carboxylic acids is 1. The first kappa shape index (κ1) is 25.7. The zero-order valence-electron chi connectivity index (χ0n) is 20.7. The molecule has 37 heavy (non-hydrogen) atoms. The van der Waals surface area contributed by atoms with E-state index in [2.05, 4.69) is 4.98 Å². The van der Waals surface area contributed by atoms with Gasteiger partial charge in [0, 0.05) is 22.2 Å². The molecule has 0 spiro atoms. The van der Waals surface area contributed by atoms with Crippen molar-refractivity contribution in [3.63, 3.8) is 0 Å². The van der Waals surface area contributed by atoms with E-state index in [1.165, 1.54) is 0 Å². The summed E-state index contributed by atoms with van der Waals surface area (Å²) in [5.41, 5.74) is 1.67. The summed E-state index contributed by atoms with van der Waals surface area (Å²) in [5.74, 6) is -0.790. The number of carboxylic acids is 1. The second-order valence-corrected chi connectivity index (χ2v) is 11.5. The molecule has 4 atom stereocenters. The highest BCUT2D eigenvalue weighted by Crippen LogP contribution is 2.55. The van der Waals surface area contributed by atoms with Gasteiger partial charge in [0.05, 0.1) is 29.6 Å². The van der Waals surface area contributed by atoms with Crippen LogP contribution in [0.2, 0.25) is 10.0 Å². The molecule has 1 saturated heterocycles. The summed E-state index contributed by atoms with van der Waals surface area (Å²) in [6.07, 6.45) is 4.94. The molecule has 2 aliphatic rings. The molecule has 1 N–H and O–H groups in total. The van der Waals surface area contributed by atoms with Gasteiger partial charge in [0.1, 0.15) is 0 Å². The summed E-state index contributed by atoms with van der Waals surface area (Å²) in [5, 5.41) is 11.1. The van der Waals surface area contributed by atoms with Crippen molar-refractivity contribution in [3.05, 3.63) is 99.8 Å². The van der Waals surface area contributed by atoms with E-state index >= 15 is 0 Å². The fourth-order valence-corrected chi connectivity index (χ4v) is 6.17. The third kappa shape index (κ3) is 5.53. The van der Waals surface area contributed by atoms with Gasteiger partial charge in [0.2, 0.25) is 5.91 Å². The van der Waals surface area contributed by atoms with Crippen LogP contribution >= 0.6 is 23.2 Å². The topological polar surface area (TPSA) is 70.5 Å². The van der Waals surface area contributed by atoms with E-state index < -0.39 is 11.4 Å². The van der Waals surface area contributed by atoms with Gasteiger partial charge in [-0.05, 0) is 66.3 Å². The molecule has 3 aromatic rings. The van der Waals surface area contributed by atoms with Gasteiger partial charge in [-0.1, -0.05) is 73.3 Å². The zero-order valence-corrected chi connectivity index (χ0v) is 22.2. The fraction of sp³-hybridized carbons (Fsp3) is 0.367. The number of pyridine rings is 1. The van der Waals surface area contributed by atoms with Crippen LogP contribution in [0.1, 0.15) is 73.9 Å². The summed E-state index contributed by atoms with van der Waals surface area (Å²) in [7, 11) is 0. The summed E-state index contributed by atoms with van der Waals surface area (Å²) in [4.78, 5) is 33.1. The maximum atomic E-state index is 14.5. The lowest BCUT2D eigenvalue weighted by Gasteiger charge is -2.52. The Morgan fingerprint density at radius 1 is 1.05 bits per heavy atom. The number of halogens is 2. The van der Waals surface area contributed by atoms with Gasteiger partial charge in [-0.25, -0.2) is 0 Å².